The van der Waals surface area contributed by atoms with Crippen LogP contribution in [0, 0.1) is 23.5 Å². The molecule has 1 saturated heterocycles. The maximum Gasteiger partial charge on any atom is 0.167 e. The Balaban J connectivity index is 1.39. The molecule has 0 bridgehead atoms. The lowest BCUT2D eigenvalue weighted by Gasteiger charge is -2.38. The largest absolute Gasteiger partial charge is 0.378 e. The average molecular weight is 429 g/mol. The zero-order chi connectivity index (χ0) is 21.8. The quantitative estimate of drug-likeness (QED) is 0.504. The zero-order valence-corrected chi connectivity index (χ0v) is 18.7. The van der Waals surface area contributed by atoms with E-state index in [1.54, 1.807) is 24.5 Å². The lowest BCUT2D eigenvalue weighted by Crippen LogP contribution is -2.34. The SMILES string of the molecule is CCCC1CCC(C2CCC(c3ccc(-c4cnc(CC)nc4)c(F)c3F)CC2)OC1. The monoisotopic (exact) mass is 428 g/mol. The first-order valence-corrected chi connectivity index (χ1v) is 12.0. The predicted octanol–water partition coefficient (Wildman–Crippen LogP) is 6.85. The van der Waals surface area contributed by atoms with E-state index >= 15 is 4.39 Å². The molecule has 0 spiro atoms. The van der Waals surface area contributed by atoms with E-state index in [1.165, 1.54) is 19.3 Å². The van der Waals surface area contributed by atoms with Gasteiger partial charge in [0.15, 0.2) is 11.6 Å². The normalized spacial score (nSPS) is 26.7. The molecule has 2 aliphatic rings. The van der Waals surface area contributed by atoms with Crippen molar-refractivity contribution in [3.63, 3.8) is 0 Å². The molecule has 0 N–H and O–H groups in total. The molecule has 3 nitrogen and oxygen atoms in total. The molecular weight excluding hydrogens is 394 g/mol. The minimum atomic E-state index is -0.787. The highest BCUT2D eigenvalue weighted by molar-refractivity contribution is 5.63. The van der Waals surface area contributed by atoms with Gasteiger partial charge in [0, 0.05) is 36.5 Å². The molecule has 1 aliphatic heterocycles. The summed E-state index contributed by atoms with van der Waals surface area (Å²) in [5.74, 6) is 0.551. The fourth-order valence-electron chi connectivity index (χ4n) is 5.42. The summed E-state index contributed by atoms with van der Waals surface area (Å²) in [6.45, 7) is 5.09. The minimum Gasteiger partial charge on any atom is -0.378 e. The van der Waals surface area contributed by atoms with Crippen molar-refractivity contribution < 1.29 is 13.5 Å². The predicted molar refractivity (Wildman–Crippen MR) is 119 cm³/mol. The summed E-state index contributed by atoms with van der Waals surface area (Å²) in [7, 11) is 0. The van der Waals surface area contributed by atoms with E-state index < -0.39 is 11.6 Å². The molecule has 1 aromatic heterocycles. The highest BCUT2D eigenvalue weighted by atomic mass is 19.2. The first kappa shape index (κ1) is 22.3. The van der Waals surface area contributed by atoms with E-state index in [-0.39, 0.29) is 11.5 Å². The van der Waals surface area contributed by atoms with Gasteiger partial charge in [-0.1, -0.05) is 32.4 Å². The van der Waals surface area contributed by atoms with Gasteiger partial charge in [-0.05, 0) is 68.3 Å². The summed E-state index contributed by atoms with van der Waals surface area (Å²) in [6, 6.07) is 3.45. The molecule has 1 aromatic carbocycles. The Morgan fingerprint density at radius 2 is 1.68 bits per heavy atom. The molecule has 5 heteroatoms. The van der Waals surface area contributed by atoms with Crippen LogP contribution in [0.3, 0.4) is 0 Å². The van der Waals surface area contributed by atoms with Crippen LogP contribution in [0.25, 0.3) is 11.1 Å². The molecule has 2 aromatic rings. The molecule has 2 atom stereocenters. The van der Waals surface area contributed by atoms with Crippen molar-refractivity contribution in [2.45, 2.75) is 83.7 Å². The van der Waals surface area contributed by atoms with Crippen LogP contribution in [0.2, 0.25) is 0 Å². The van der Waals surface area contributed by atoms with Crippen LogP contribution in [0.1, 0.15) is 82.5 Å². The number of halogens is 2. The molecule has 1 aliphatic carbocycles. The number of ether oxygens (including phenoxy) is 1. The molecule has 2 fully saturated rings. The van der Waals surface area contributed by atoms with Crippen LogP contribution in [0.5, 0.6) is 0 Å². The lowest BCUT2D eigenvalue weighted by molar-refractivity contribution is -0.0576. The third-order valence-electron chi connectivity index (χ3n) is 7.28. The maximum atomic E-state index is 15.0. The third-order valence-corrected chi connectivity index (χ3v) is 7.28. The second-order valence-electron chi connectivity index (χ2n) is 9.29. The Labute approximate surface area is 184 Å². The topological polar surface area (TPSA) is 35.0 Å². The molecule has 31 heavy (non-hydrogen) atoms. The van der Waals surface area contributed by atoms with Gasteiger partial charge >= 0.3 is 0 Å². The number of nitrogens with zero attached hydrogens (tertiary/aromatic N) is 2. The standard InChI is InChI=1S/C26H34F2N2O/c1-3-5-17-6-13-23(31-16-17)19-9-7-18(8-10-19)21-11-12-22(26(28)25(21)27)20-14-29-24(4-2)30-15-20/h11-12,14-15,17-19,23H,3-10,13,16H2,1-2H3. The van der Waals surface area contributed by atoms with Crippen molar-refractivity contribution in [2.24, 2.45) is 11.8 Å². The highest BCUT2D eigenvalue weighted by Gasteiger charge is 2.33. The lowest BCUT2D eigenvalue weighted by atomic mass is 9.74. The fraction of sp³-hybridized carbons (Fsp3) is 0.615. The smallest absolute Gasteiger partial charge is 0.167 e. The molecule has 4 rings (SSSR count). The maximum absolute atomic E-state index is 15.0. The van der Waals surface area contributed by atoms with Crippen molar-refractivity contribution in [3.05, 3.63) is 47.5 Å². The summed E-state index contributed by atoms with van der Waals surface area (Å²) >= 11 is 0. The van der Waals surface area contributed by atoms with Crippen molar-refractivity contribution in [1.29, 1.82) is 0 Å². The Morgan fingerprint density at radius 3 is 2.29 bits per heavy atom. The second kappa shape index (κ2) is 10.2. The van der Waals surface area contributed by atoms with E-state index in [4.69, 9.17) is 4.74 Å². The van der Waals surface area contributed by atoms with Crippen LogP contribution >= 0.6 is 0 Å². The van der Waals surface area contributed by atoms with E-state index in [0.29, 0.717) is 35.4 Å². The third kappa shape index (κ3) is 4.97. The van der Waals surface area contributed by atoms with Crippen molar-refractivity contribution >= 4 is 0 Å². The number of benzene rings is 1. The number of hydrogen-bond donors (Lipinski definition) is 0. The van der Waals surface area contributed by atoms with Crippen LogP contribution in [-0.4, -0.2) is 22.7 Å². The van der Waals surface area contributed by atoms with Crippen LogP contribution in [0.15, 0.2) is 24.5 Å². The van der Waals surface area contributed by atoms with E-state index in [0.717, 1.165) is 44.6 Å². The summed E-state index contributed by atoms with van der Waals surface area (Å²) in [4.78, 5) is 8.42. The van der Waals surface area contributed by atoms with Crippen LogP contribution in [0.4, 0.5) is 8.78 Å². The molecule has 0 amide bonds. The van der Waals surface area contributed by atoms with E-state index in [2.05, 4.69) is 16.9 Å². The Bertz CT molecular complexity index is 854. The molecule has 1 saturated carbocycles. The Kier molecular flexibility index (Phi) is 7.31. The van der Waals surface area contributed by atoms with Gasteiger partial charge in [-0.15, -0.1) is 0 Å². The number of rotatable bonds is 6. The molecule has 2 heterocycles. The average Bonchev–Trinajstić information content (AvgIpc) is 2.82. The number of hydrogen-bond acceptors (Lipinski definition) is 3. The number of aromatic nitrogens is 2. The molecular formula is C26H34F2N2O. The van der Waals surface area contributed by atoms with Gasteiger partial charge in [0.25, 0.3) is 0 Å². The Hall–Kier alpha value is -1.88. The van der Waals surface area contributed by atoms with Gasteiger partial charge < -0.3 is 4.74 Å². The minimum absolute atomic E-state index is 0.0787. The molecule has 2 unspecified atom stereocenters. The summed E-state index contributed by atoms with van der Waals surface area (Å²) < 4.78 is 36.1. The van der Waals surface area contributed by atoms with Crippen LogP contribution in [-0.2, 0) is 11.2 Å². The summed E-state index contributed by atoms with van der Waals surface area (Å²) in [5.41, 5.74) is 1.26. The van der Waals surface area contributed by atoms with E-state index in [9.17, 15) is 4.39 Å². The van der Waals surface area contributed by atoms with Crippen LogP contribution < -0.4 is 0 Å². The van der Waals surface area contributed by atoms with Crippen molar-refractivity contribution in [3.8, 4) is 11.1 Å². The number of aryl methyl sites for hydroxylation is 1. The van der Waals surface area contributed by atoms with Gasteiger partial charge in [-0.25, -0.2) is 18.7 Å². The second-order valence-corrected chi connectivity index (χ2v) is 9.29. The van der Waals surface area contributed by atoms with Crippen molar-refractivity contribution in [2.75, 3.05) is 6.61 Å². The first-order chi connectivity index (χ1) is 15.1. The fourth-order valence-corrected chi connectivity index (χ4v) is 5.42. The van der Waals surface area contributed by atoms with Gasteiger partial charge in [0.05, 0.1) is 6.10 Å². The van der Waals surface area contributed by atoms with Gasteiger partial charge in [0.1, 0.15) is 5.82 Å². The molecule has 168 valence electrons. The zero-order valence-electron chi connectivity index (χ0n) is 18.7. The highest BCUT2D eigenvalue weighted by Crippen LogP contribution is 2.42. The summed E-state index contributed by atoms with van der Waals surface area (Å²) in [5, 5.41) is 0. The molecule has 0 radical (unpaired) electrons. The van der Waals surface area contributed by atoms with Gasteiger partial charge in [-0.2, -0.15) is 0 Å². The van der Waals surface area contributed by atoms with Gasteiger partial charge in [-0.3, -0.25) is 0 Å². The van der Waals surface area contributed by atoms with Gasteiger partial charge in [0.2, 0.25) is 0 Å². The summed E-state index contributed by atoms with van der Waals surface area (Å²) in [6.07, 6.45) is 13.0. The first-order valence-electron chi connectivity index (χ1n) is 12.0. The Morgan fingerprint density at radius 1 is 0.935 bits per heavy atom. The van der Waals surface area contributed by atoms with E-state index in [1.807, 2.05) is 6.92 Å². The van der Waals surface area contributed by atoms with Crippen molar-refractivity contribution in [1.82, 2.24) is 9.97 Å².